The van der Waals surface area contributed by atoms with E-state index in [1.54, 1.807) is 18.2 Å². The van der Waals surface area contributed by atoms with E-state index < -0.39 is 5.82 Å². The average Bonchev–Trinajstić information content (AvgIpc) is 2.38. The summed E-state index contributed by atoms with van der Waals surface area (Å²) in [5.41, 5.74) is 1.56. The molecule has 88 valence electrons. The minimum Gasteiger partial charge on any atom is -0.298 e. The molecule has 0 N–H and O–H groups in total. The first-order chi connectivity index (χ1) is 8.63. The topological polar surface area (TPSA) is 40.9 Å². The van der Waals surface area contributed by atoms with Crippen molar-refractivity contribution in [3.63, 3.8) is 0 Å². The van der Waals surface area contributed by atoms with Crippen molar-refractivity contribution in [3.8, 4) is 17.2 Å². The SMILES string of the molecule is N#Cc1cc(F)cc(-c2cc(Cl)ccc2C=O)c1. The van der Waals surface area contributed by atoms with Crippen molar-refractivity contribution in [2.24, 2.45) is 0 Å². The van der Waals surface area contributed by atoms with Gasteiger partial charge in [0.2, 0.25) is 0 Å². The molecule has 0 radical (unpaired) electrons. The molecular weight excluding hydrogens is 253 g/mol. The number of hydrogen-bond donors (Lipinski definition) is 0. The molecule has 0 saturated heterocycles. The van der Waals surface area contributed by atoms with Crippen LogP contribution in [0.5, 0.6) is 0 Å². The van der Waals surface area contributed by atoms with E-state index in [-0.39, 0.29) is 5.56 Å². The van der Waals surface area contributed by atoms with Gasteiger partial charge in [0.1, 0.15) is 5.82 Å². The third-order valence-electron chi connectivity index (χ3n) is 2.48. The number of carbonyl (C=O) groups excluding carboxylic acids is 1. The molecule has 0 unspecified atom stereocenters. The zero-order chi connectivity index (χ0) is 13.1. The highest BCUT2D eigenvalue weighted by molar-refractivity contribution is 6.31. The molecule has 0 atom stereocenters. The van der Waals surface area contributed by atoms with Gasteiger partial charge in [0, 0.05) is 10.6 Å². The van der Waals surface area contributed by atoms with Gasteiger partial charge in [-0.05, 0) is 47.5 Å². The van der Waals surface area contributed by atoms with Gasteiger partial charge in [-0.2, -0.15) is 5.26 Å². The van der Waals surface area contributed by atoms with Gasteiger partial charge in [-0.1, -0.05) is 11.6 Å². The van der Waals surface area contributed by atoms with Gasteiger partial charge in [-0.15, -0.1) is 0 Å². The van der Waals surface area contributed by atoms with Crippen LogP contribution >= 0.6 is 11.6 Å². The number of benzene rings is 2. The number of halogens is 2. The van der Waals surface area contributed by atoms with Gasteiger partial charge < -0.3 is 0 Å². The van der Waals surface area contributed by atoms with Crippen LogP contribution in [-0.4, -0.2) is 6.29 Å². The molecule has 0 aliphatic heterocycles. The summed E-state index contributed by atoms with van der Waals surface area (Å²) in [5.74, 6) is -0.527. The molecule has 4 heteroatoms. The molecule has 2 nitrogen and oxygen atoms in total. The fraction of sp³-hybridized carbons (Fsp3) is 0. The molecule has 0 aromatic heterocycles. The molecule has 0 bridgehead atoms. The highest BCUT2D eigenvalue weighted by Crippen LogP contribution is 2.27. The van der Waals surface area contributed by atoms with Gasteiger partial charge >= 0.3 is 0 Å². The Hall–Kier alpha value is -2.18. The summed E-state index contributed by atoms with van der Waals surface area (Å²) in [6, 6.07) is 10.5. The Balaban J connectivity index is 2.68. The number of aldehydes is 1. The van der Waals surface area contributed by atoms with Gasteiger partial charge in [0.05, 0.1) is 11.6 Å². The second-order valence-corrected chi connectivity index (χ2v) is 4.13. The van der Waals surface area contributed by atoms with Crippen molar-refractivity contribution < 1.29 is 9.18 Å². The summed E-state index contributed by atoms with van der Waals surface area (Å²) in [6.45, 7) is 0. The fourth-order valence-electron chi connectivity index (χ4n) is 1.69. The van der Waals surface area contributed by atoms with Crippen LogP contribution in [0.4, 0.5) is 4.39 Å². The molecule has 0 amide bonds. The lowest BCUT2D eigenvalue weighted by atomic mass is 9.99. The van der Waals surface area contributed by atoms with Crippen molar-refractivity contribution in [3.05, 3.63) is 58.4 Å². The second kappa shape index (κ2) is 4.99. The fourth-order valence-corrected chi connectivity index (χ4v) is 1.86. The quantitative estimate of drug-likeness (QED) is 0.769. The molecule has 2 aromatic carbocycles. The number of nitriles is 1. The smallest absolute Gasteiger partial charge is 0.150 e. The second-order valence-electron chi connectivity index (χ2n) is 3.69. The maximum atomic E-state index is 13.4. The minimum atomic E-state index is -0.527. The van der Waals surface area contributed by atoms with E-state index in [1.807, 2.05) is 6.07 Å². The number of carbonyl (C=O) groups is 1. The lowest BCUT2D eigenvalue weighted by Crippen LogP contribution is -1.90. The van der Waals surface area contributed by atoms with E-state index in [0.717, 1.165) is 6.07 Å². The predicted octanol–water partition coefficient (Wildman–Crippen LogP) is 3.83. The first-order valence-electron chi connectivity index (χ1n) is 5.10. The van der Waals surface area contributed by atoms with Gasteiger partial charge in [-0.3, -0.25) is 4.79 Å². The van der Waals surface area contributed by atoms with Gasteiger partial charge in [0.15, 0.2) is 6.29 Å². The van der Waals surface area contributed by atoms with Crippen LogP contribution in [0, 0.1) is 17.1 Å². The van der Waals surface area contributed by atoms with Crippen molar-refractivity contribution in [2.45, 2.75) is 0 Å². The van der Waals surface area contributed by atoms with Gasteiger partial charge in [-0.25, -0.2) is 4.39 Å². The molecule has 0 aliphatic rings. The molecule has 0 fully saturated rings. The lowest BCUT2D eigenvalue weighted by Gasteiger charge is -2.06. The third-order valence-corrected chi connectivity index (χ3v) is 2.72. The summed E-state index contributed by atoms with van der Waals surface area (Å²) < 4.78 is 13.4. The first-order valence-corrected chi connectivity index (χ1v) is 5.47. The molecule has 2 aromatic rings. The van der Waals surface area contributed by atoms with Crippen LogP contribution in [0.25, 0.3) is 11.1 Å². The largest absolute Gasteiger partial charge is 0.298 e. The van der Waals surface area contributed by atoms with Crippen LogP contribution in [0.1, 0.15) is 15.9 Å². The Morgan fingerprint density at radius 2 is 2.00 bits per heavy atom. The number of rotatable bonds is 2. The summed E-state index contributed by atoms with van der Waals surface area (Å²) in [4.78, 5) is 10.9. The lowest BCUT2D eigenvalue weighted by molar-refractivity contribution is 0.112. The molecular formula is C14H7ClFNO. The summed E-state index contributed by atoms with van der Waals surface area (Å²) in [5, 5.41) is 9.25. The summed E-state index contributed by atoms with van der Waals surface area (Å²) in [7, 11) is 0. The van der Waals surface area contributed by atoms with Crippen molar-refractivity contribution in [2.75, 3.05) is 0 Å². The molecule has 0 heterocycles. The molecule has 0 saturated carbocycles. The van der Waals surface area contributed by atoms with Gasteiger partial charge in [0.25, 0.3) is 0 Å². The van der Waals surface area contributed by atoms with E-state index in [1.165, 1.54) is 12.1 Å². The molecule has 0 aliphatic carbocycles. The van der Waals surface area contributed by atoms with Crippen LogP contribution in [-0.2, 0) is 0 Å². The maximum absolute atomic E-state index is 13.4. The zero-order valence-electron chi connectivity index (χ0n) is 9.15. The summed E-state index contributed by atoms with van der Waals surface area (Å²) in [6.07, 6.45) is 0.669. The monoisotopic (exact) mass is 259 g/mol. The maximum Gasteiger partial charge on any atom is 0.150 e. The predicted molar refractivity (Wildman–Crippen MR) is 66.9 cm³/mol. The molecule has 18 heavy (non-hydrogen) atoms. The highest BCUT2D eigenvalue weighted by Gasteiger charge is 2.08. The van der Waals surface area contributed by atoms with Crippen molar-refractivity contribution in [1.29, 1.82) is 5.26 Å². The summed E-state index contributed by atoms with van der Waals surface area (Å²) >= 11 is 5.86. The van der Waals surface area contributed by atoms with E-state index in [9.17, 15) is 9.18 Å². The Morgan fingerprint density at radius 3 is 2.67 bits per heavy atom. The molecule has 2 rings (SSSR count). The normalized spacial score (nSPS) is 9.83. The van der Waals surface area contributed by atoms with E-state index >= 15 is 0 Å². The average molecular weight is 260 g/mol. The Bertz CT molecular complexity index is 661. The van der Waals surface area contributed by atoms with E-state index in [0.29, 0.717) is 28.0 Å². The van der Waals surface area contributed by atoms with Crippen LogP contribution in [0.15, 0.2) is 36.4 Å². The third kappa shape index (κ3) is 2.39. The van der Waals surface area contributed by atoms with E-state index in [2.05, 4.69) is 0 Å². The minimum absolute atomic E-state index is 0.196. The van der Waals surface area contributed by atoms with Crippen LogP contribution in [0.2, 0.25) is 5.02 Å². The van der Waals surface area contributed by atoms with Crippen molar-refractivity contribution >= 4 is 17.9 Å². The number of hydrogen-bond acceptors (Lipinski definition) is 2. The highest BCUT2D eigenvalue weighted by atomic mass is 35.5. The first kappa shape index (κ1) is 12.3. The molecule has 0 spiro atoms. The van der Waals surface area contributed by atoms with Crippen LogP contribution < -0.4 is 0 Å². The zero-order valence-corrected chi connectivity index (χ0v) is 9.91. The Labute approximate surface area is 108 Å². The van der Waals surface area contributed by atoms with E-state index in [4.69, 9.17) is 16.9 Å². The van der Waals surface area contributed by atoms with Crippen LogP contribution in [0.3, 0.4) is 0 Å². The standard InChI is InChI=1S/C14H7ClFNO/c15-12-2-1-10(8-18)14(6-12)11-3-9(7-17)4-13(16)5-11/h1-6,8H. The van der Waals surface area contributed by atoms with Crippen molar-refractivity contribution in [1.82, 2.24) is 0 Å². The Morgan fingerprint density at radius 1 is 1.22 bits per heavy atom. The number of nitrogens with zero attached hydrogens (tertiary/aromatic N) is 1. The Kier molecular flexibility index (Phi) is 3.40.